The summed E-state index contributed by atoms with van der Waals surface area (Å²) in [7, 11) is 1.33. The molecule has 2 heterocycles. The van der Waals surface area contributed by atoms with Crippen molar-refractivity contribution in [3.05, 3.63) is 47.9 Å². The average Bonchev–Trinajstić information content (AvgIpc) is 3.20. The van der Waals surface area contributed by atoms with Crippen LogP contribution >= 0.6 is 0 Å². The van der Waals surface area contributed by atoms with Crippen LogP contribution in [-0.4, -0.2) is 48.2 Å². The van der Waals surface area contributed by atoms with E-state index in [1.165, 1.54) is 19.5 Å². The molecule has 1 atom stereocenters. The molecule has 26 heavy (non-hydrogen) atoms. The summed E-state index contributed by atoms with van der Waals surface area (Å²) < 4.78 is 10.2. The molecule has 1 aromatic carbocycles. The highest BCUT2D eigenvalue weighted by Gasteiger charge is 2.17. The lowest BCUT2D eigenvalue weighted by atomic mass is 10.2. The van der Waals surface area contributed by atoms with Crippen molar-refractivity contribution in [3.63, 3.8) is 0 Å². The normalized spacial score (nSPS) is 16.1. The van der Waals surface area contributed by atoms with Crippen molar-refractivity contribution in [2.75, 3.05) is 25.6 Å². The third kappa shape index (κ3) is 4.54. The van der Waals surface area contributed by atoms with E-state index in [4.69, 9.17) is 9.47 Å². The van der Waals surface area contributed by atoms with Gasteiger partial charge >= 0.3 is 5.97 Å². The maximum atomic E-state index is 12.1. The van der Waals surface area contributed by atoms with Gasteiger partial charge in [-0.05, 0) is 31.0 Å². The molecule has 1 fully saturated rings. The van der Waals surface area contributed by atoms with Crippen LogP contribution in [0.2, 0.25) is 0 Å². The first kappa shape index (κ1) is 17.8. The Kier molecular flexibility index (Phi) is 5.75. The molecule has 0 radical (unpaired) electrons. The van der Waals surface area contributed by atoms with Crippen molar-refractivity contribution >= 4 is 23.4 Å². The number of nitrogens with zero attached hydrogens (tertiary/aromatic N) is 2. The number of nitrogens with one attached hydrogen (secondary N) is 2. The molecule has 0 aliphatic carbocycles. The fraction of sp³-hybridized carbons (Fsp3) is 0.333. The van der Waals surface area contributed by atoms with Crippen LogP contribution in [0.5, 0.6) is 0 Å². The lowest BCUT2D eigenvalue weighted by Crippen LogP contribution is -2.32. The van der Waals surface area contributed by atoms with Crippen LogP contribution in [0, 0.1) is 0 Å². The Morgan fingerprint density at radius 2 is 2.19 bits per heavy atom. The zero-order valence-electron chi connectivity index (χ0n) is 14.4. The van der Waals surface area contributed by atoms with E-state index in [1.807, 2.05) is 0 Å². The first-order valence-electron chi connectivity index (χ1n) is 8.33. The highest BCUT2D eigenvalue weighted by atomic mass is 16.5. The zero-order chi connectivity index (χ0) is 18.4. The Bertz CT molecular complexity index is 773. The number of benzene rings is 1. The number of aromatic nitrogens is 2. The number of rotatable bonds is 6. The Labute approximate surface area is 150 Å². The van der Waals surface area contributed by atoms with Crippen LogP contribution < -0.4 is 10.6 Å². The Morgan fingerprint density at radius 3 is 2.88 bits per heavy atom. The third-order valence-corrected chi connectivity index (χ3v) is 3.95. The van der Waals surface area contributed by atoms with Crippen LogP contribution in [0.4, 0.5) is 11.5 Å². The average molecular weight is 356 g/mol. The van der Waals surface area contributed by atoms with Gasteiger partial charge in [0.2, 0.25) is 0 Å². The van der Waals surface area contributed by atoms with Crippen molar-refractivity contribution < 1.29 is 19.1 Å². The predicted octanol–water partition coefficient (Wildman–Crippen LogP) is 1.92. The Morgan fingerprint density at radius 1 is 1.31 bits per heavy atom. The van der Waals surface area contributed by atoms with Crippen molar-refractivity contribution in [1.82, 2.24) is 15.3 Å². The molecule has 2 aromatic rings. The quantitative estimate of drug-likeness (QED) is 0.762. The van der Waals surface area contributed by atoms with Gasteiger partial charge in [0.25, 0.3) is 5.91 Å². The minimum Gasteiger partial charge on any atom is -0.465 e. The number of carbonyl (C=O) groups is 2. The summed E-state index contributed by atoms with van der Waals surface area (Å²) >= 11 is 0. The first-order chi connectivity index (χ1) is 12.7. The number of methoxy groups -OCH3 is 1. The summed E-state index contributed by atoms with van der Waals surface area (Å²) in [6, 6.07) is 6.82. The van der Waals surface area contributed by atoms with Crippen molar-refractivity contribution in [2.45, 2.75) is 18.9 Å². The molecule has 136 valence electrons. The second-order valence-electron chi connectivity index (χ2n) is 5.83. The van der Waals surface area contributed by atoms with Crippen LogP contribution in [0.25, 0.3) is 0 Å². The van der Waals surface area contributed by atoms with Gasteiger partial charge in [-0.1, -0.05) is 6.07 Å². The van der Waals surface area contributed by atoms with Gasteiger partial charge in [0, 0.05) is 18.8 Å². The van der Waals surface area contributed by atoms with E-state index in [-0.39, 0.29) is 17.7 Å². The van der Waals surface area contributed by atoms with Crippen LogP contribution in [0.3, 0.4) is 0 Å². The molecule has 1 amide bonds. The van der Waals surface area contributed by atoms with Crippen LogP contribution in [0.15, 0.2) is 36.7 Å². The molecule has 0 saturated carbocycles. The van der Waals surface area contributed by atoms with E-state index in [2.05, 4.69) is 20.6 Å². The zero-order valence-corrected chi connectivity index (χ0v) is 14.4. The topological polar surface area (TPSA) is 102 Å². The Balaban J connectivity index is 1.58. The molecule has 1 saturated heterocycles. The number of amides is 1. The van der Waals surface area contributed by atoms with E-state index in [0.29, 0.717) is 23.6 Å². The van der Waals surface area contributed by atoms with E-state index >= 15 is 0 Å². The second-order valence-corrected chi connectivity index (χ2v) is 5.83. The minimum atomic E-state index is -0.419. The summed E-state index contributed by atoms with van der Waals surface area (Å²) in [4.78, 5) is 32.0. The molecule has 2 N–H and O–H groups in total. The molecule has 1 aliphatic heterocycles. The van der Waals surface area contributed by atoms with Crippen molar-refractivity contribution in [3.8, 4) is 0 Å². The molecule has 0 bridgehead atoms. The molecular formula is C18H20N4O4. The van der Waals surface area contributed by atoms with Crippen LogP contribution in [0.1, 0.15) is 33.7 Å². The number of anilines is 2. The molecule has 0 spiro atoms. The van der Waals surface area contributed by atoms with E-state index < -0.39 is 5.97 Å². The highest BCUT2D eigenvalue weighted by molar-refractivity contribution is 5.92. The van der Waals surface area contributed by atoms with Gasteiger partial charge in [0.15, 0.2) is 0 Å². The molecule has 8 heteroatoms. The fourth-order valence-corrected chi connectivity index (χ4v) is 2.60. The molecule has 1 unspecified atom stereocenters. The number of hydrogen-bond acceptors (Lipinski definition) is 7. The van der Waals surface area contributed by atoms with Gasteiger partial charge in [-0.2, -0.15) is 0 Å². The molecule has 1 aliphatic rings. The highest BCUT2D eigenvalue weighted by Crippen LogP contribution is 2.16. The number of ether oxygens (including phenoxy) is 2. The summed E-state index contributed by atoms with van der Waals surface area (Å²) in [5.41, 5.74) is 1.32. The maximum absolute atomic E-state index is 12.1. The standard InChI is InChI=1S/C18H20N4O4/c1-25-18(24)12-4-2-5-13(8-12)22-16-11-19-15(10-20-16)17(23)21-9-14-6-3-7-26-14/h2,4-5,8,10-11,14H,3,6-7,9H2,1H3,(H,20,22)(H,21,23). The summed E-state index contributed by atoms with van der Waals surface area (Å²) in [5, 5.41) is 5.83. The van der Waals surface area contributed by atoms with Gasteiger partial charge in [-0.25, -0.2) is 14.8 Å². The number of hydrogen-bond donors (Lipinski definition) is 2. The van der Waals surface area contributed by atoms with Gasteiger partial charge in [0.05, 0.1) is 31.2 Å². The van der Waals surface area contributed by atoms with Crippen molar-refractivity contribution in [1.29, 1.82) is 0 Å². The fourth-order valence-electron chi connectivity index (χ4n) is 2.60. The number of carbonyl (C=O) groups excluding carboxylic acids is 2. The van der Waals surface area contributed by atoms with Gasteiger partial charge in [0.1, 0.15) is 11.5 Å². The van der Waals surface area contributed by atoms with E-state index in [0.717, 1.165) is 19.4 Å². The summed E-state index contributed by atoms with van der Waals surface area (Å²) in [5.74, 6) is -0.243. The molecule has 3 rings (SSSR count). The monoisotopic (exact) mass is 356 g/mol. The van der Waals surface area contributed by atoms with Gasteiger partial charge < -0.3 is 20.1 Å². The lowest BCUT2D eigenvalue weighted by Gasteiger charge is -2.10. The maximum Gasteiger partial charge on any atom is 0.337 e. The van der Waals surface area contributed by atoms with E-state index in [1.54, 1.807) is 24.3 Å². The van der Waals surface area contributed by atoms with Crippen LogP contribution in [-0.2, 0) is 9.47 Å². The third-order valence-electron chi connectivity index (χ3n) is 3.95. The first-order valence-corrected chi connectivity index (χ1v) is 8.33. The van der Waals surface area contributed by atoms with E-state index in [9.17, 15) is 9.59 Å². The molecule has 8 nitrogen and oxygen atoms in total. The Hall–Kier alpha value is -3.00. The van der Waals surface area contributed by atoms with Crippen molar-refractivity contribution in [2.24, 2.45) is 0 Å². The largest absolute Gasteiger partial charge is 0.465 e. The summed E-state index contributed by atoms with van der Waals surface area (Å²) in [6.45, 7) is 1.22. The SMILES string of the molecule is COC(=O)c1cccc(Nc2cnc(C(=O)NCC3CCCO3)cn2)c1. The smallest absolute Gasteiger partial charge is 0.337 e. The predicted molar refractivity (Wildman–Crippen MR) is 94.4 cm³/mol. The lowest BCUT2D eigenvalue weighted by molar-refractivity contribution is 0.0600. The van der Waals surface area contributed by atoms with Gasteiger partial charge in [-0.15, -0.1) is 0 Å². The second kappa shape index (κ2) is 8.39. The molecule has 1 aromatic heterocycles. The summed E-state index contributed by atoms with van der Waals surface area (Å²) in [6.07, 6.45) is 4.93. The minimum absolute atomic E-state index is 0.0786. The van der Waals surface area contributed by atoms with Gasteiger partial charge in [-0.3, -0.25) is 4.79 Å². The molecular weight excluding hydrogens is 336 g/mol. The number of esters is 1.